The van der Waals surface area contributed by atoms with Crippen molar-refractivity contribution in [2.24, 2.45) is 0 Å². The maximum absolute atomic E-state index is 14.1. The van der Waals surface area contributed by atoms with E-state index in [0.717, 1.165) is 11.0 Å². The number of carboxylic acid groups (broad SMARTS) is 1. The number of aromatic nitrogens is 4. The van der Waals surface area contributed by atoms with Crippen molar-refractivity contribution < 1.29 is 51.6 Å². The van der Waals surface area contributed by atoms with Crippen LogP contribution in [-0.2, 0) is 30.4 Å². The number of aliphatic carboxylic acids is 1. The van der Waals surface area contributed by atoms with Crippen molar-refractivity contribution in [3.05, 3.63) is 54.4 Å². The van der Waals surface area contributed by atoms with Crippen molar-refractivity contribution in [3.8, 4) is 6.01 Å². The molecule has 5 aromatic rings. The summed E-state index contributed by atoms with van der Waals surface area (Å²) in [5, 5.41) is 9.47. The molecule has 0 spiro atoms. The Morgan fingerprint density at radius 2 is 1.61 bits per heavy atom. The fourth-order valence-electron chi connectivity index (χ4n) is 7.50. The third-order valence-corrected chi connectivity index (χ3v) is 10.1. The number of likely N-dealkylation sites (tertiary alicyclic amines) is 1. The van der Waals surface area contributed by atoms with Crippen molar-refractivity contribution in [3.63, 3.8) is 0 Å². The standard InChI is InChI=1S/C42H50F2N6O9/c1-40(2,3)58-36(51)30-22-26(56-38-45-28-13-8-9-14-29(28)50(38)25-16-19-48(20-17-25)39(54)59-41(4,5)6)23-49(30)35-34-33(27-12-7-10-15-31(27)57-34)46-32(47-35)24-55-21-11-18-42(43,44)37(52)53/h7-10,12-15,25-26,30H,11,16-24H2,1-6H3,(H,52,53)/t26-,30-/m0/s1. The Bertz CT molecular complexity index is 2340. The van der Waals surface area contributed by atoms with Crippen LogP contribution >= 0.6 is 0 Å². The molecular formula is C42H50F2N6O9. The Hall–Kier alpha value is -5.58. The average molecular weight is 821 g/mol. The first-order valence-electron chi connectivity index (χ1n) is 19.8. The largest absolute Gasteiger partial charge is 0.477 e. The molecule has 1 amide bonds. The molecule has 0 aliphatic carbocycles. The molecule has 0 unspecified atom stereocenters. The lowest BCUT2D eigenvalue weighted by Gasteiger charge is -2.34. The number of nitrogens with zero attached hydrogens (tertiary/aromatic N) is 6. The first-order valence-corrected chi connectivity index (χ1v) is 19.8. The van der Waals surface area contributed by atoms with Crippen LogP contribution in [0.1, 0.15) is 85.5 Å². The normalized spacial score (nSPS) is 18.2. The lowest BCUT2D eigenvalue weighted by molar-refractivity contribution is -0.166. The van der Waals surface area contributed by atoms with E-state index in [1.165, 1.54) is 0 Å². The summed E-state index contributed by atoms with van der Waals surface area (Å²) < 4.78 is 59.8. The van der Waals surface area contributed by atoms with Crippen molar-refractivity contribution in [2.45, 2.75) is 116 Å². The number of benzene rings is 2. The number of halogens is 2. The zero-order valence-corrected chi connectivity index (χ0v) is 34.1. The van der Waals surface area contributed by atoms with E-state index in [1.807, 2.05) is 63.2 Å². The second kappa shape index (κ2) is 16.2. The van der Waals surface area contributed by atoms with Crippen molar-refractivity contribution in [1.82, 2.24) is 24.4 Å². The molecular weight excluding hydrogens is 770 g/mol. The van der Waals surface area contributed by atoms with Gasteiger partial charge in [-0.3, -0.25) is 4.57 Å². The van der Waals surface area contributed by atoms with Gasteiger partial charge in [0.15, 0.2) is 17.2 Å². The Morgan fingerprint density at radius 3 is 2.32 bits per heavy atom. The lowest BCUT2D eigenvalue weighted by atomic mass is 10.0. The van der Waals surface area contributed by atoms with Gasteiger partial charge in [0.05, 0.1) is 17.6 Å². The zero-order valence-electron chi connectivity index (χ0n) is 34.1. The number of imidazole rings is 1. The van der Waals surface area contributed by atoms with E-state index in [4.69, 9.17) is 43.4 Å². The summed E-state index contributed by atoms with van der Waals surface area (Å²) in [5.41, 5.74) is 1.55. The summed E-state index contributed by atoms with van der Waals surface area (Å²) in [6.45, 7) is 11.7. The number of fused-ring (bicyclic) bond motifs is 4. The van der Waals surface area contributed by atoms with Gasteiger partial charge in [-0.1, -0.05) is 24.3 Å². The minimum Gasteiger partial charge on any atom is -0.477 e. The summed E-state index contributed by atoms with van der Waals surface area (Å²) in [7, 11) is 0. The highest BCUT2D eigenvalue weighted by atomic mass is 19.3. The van der Waals surface area contributed by atoms with Gasteiger partial charge in [0, 0.05) is 44.0 Å². The number of carbonyl (C=O) groups is 3. The Labute approximate surface area is 339 Å². The third-order valence-electron chi connectivity index (χ3n) is 10.1. The summed E-state index contributed by atoms with van der Waals surface area (Å²) in [5.74, 6) is -6.04. The second-order valence-electron chi connectivity index (χ2n) is 17.0. The van der Waals surface area contributed by atoms with Crippen molar-refractivity contribution in [2.75, 3.05) is 31.1 Å². The predicted molar refractivity (Wildman–Crippen MR) is 213 cm³/mol. The molecule has 7 rings (SSSR count). The molecule has 316 valence electrons. The van der Waals surface area contributed by atoms with Crippen LogP contribution < -0.4 is 9.64 Å². The quantitative estimate of drug-likeness (QED) is 0.0961. The average Bonchev–Trinajstić information content (AvgIpc) is 3.86. The van der Waals surface area contributed by atoms with Gasteiger partial charge in [0.2, 0.25) is 0 Å². The highest BCUT2D eigenvalue weighted by Gasteiger charge is 2.44. The molecule has 0 bridgehead atoms. The molecule has 2 fully saturated rings. The lowest BCUT2D eigenvalue weighted by Crippen LogP contribution is -2.42. The minimum absolute atomic E-state index is 0.0369. The molecule has 1 N–H and O–H groups in total. The van der Waals surface area contributed by atoms with Gasteiger partial charge in [-0.05, 0) is 85.1 Å². The zero-order chi connectivity index (χ0) is 42.3. The van der Waals surface area contributed by atoms with Crippen LogP contribution in [0.25, 0.3) is 33.1 Å². The highest BCUT2D eigenvalue weighted by molar-refractivity contribution is 6.06. The Kier molecular flexibility index (Phi) is 11.4. The van der Waals surface area contributed by atoms with Gasteiger partial charge in [-0.15, -0.1) is 0 Å². The van der Waals surface area contributed by atoms with Gasteiger partial charge in [-0.2, -0.15) is 13.8 Å². The molecule has 3 aromatic heterocycles. The number of hydrogen-bond acceptors (Lipinski definition) is 12. The first-order chi connectivity index (χ1) is 27.9. The minimum atomic E-state index is -3.87. The van der Waals surface area contributed by atoms with Crippen LogP contribution in [0.5, 0.6) is 6.01 Å². The van der Waals surface area contributed by atoms with Crippen LogP contribution in [0.4, 0.5) is 19.4 Å². The van der Waals surface area contributed by atoms with E-state index in [0.29, 0.717) is 59.8 Å². The molecule has 59 heavy (non-hydrogen) atoms. The van der Waals surface area contributed by atoms with Gasteiger partial charge >= 0.3 is 24.0 Å². The molecule has 15 nitrogen and oxygen atoms in total. The molecule has 0 saturated carbocycles. The topological polar surface area (TPSA) is 172 Å². The number of piperidine rings is 1. The maximum atomic E-state index is 14.1. The summed E-state index contributed by atoms with van der Waals surface area (Å²) >= 11 is 0. The van der Waals surface area contributed by atoms with Crippen LogP contribution in [0.15, 0.2) is 52.9 Å². The molecule has 2 atom stereocenters. The number of esters is 1. The summed E-state index contributed by atoms with van der Waals surface area (Å²) in [4.78, 5) is 55.7. The van der Waals surface area contributed by atoms with Gasteiger partial charge < -0.3 is 38.3 Å². The van der Waals surface area contributed by atoms with E-state index >= 15 is 0 Å². The monoisotopic (exact) mass is 820 g/mol. The first kappa shape index (κ1) is 41.6. The highest BCUT2D eigenvalue weighted by Crippen LogP contribution is 2.39. The Balaban J connectivity index is 1.19. The molecule has 17 heteroatoms. The van der Waals surface area contributed by atoms with Crippen molar-refractivity contribution >= 4 is 57.0 Å². The number of anilines is 1. The van der Waals surface area contributed by atoms with E-state index in [2.05, 4.69) is 4.57 Å². The summed E-state index contributed by atoms with van der Waals surface area (Å²) in [6.07, 6.45) is -0.509. The van der Waals surface area contributed by atoms with Gasteiger partial charge in [0.25, 0.3) is 6.01 Å². The number of hydrogen-bond donors (Lipinski definition) is 1. The van der Waals surface area contributed by atoms with Crippen LogP contribution in [0.2, 0.25) is 0 Å². The number of furan rings is 1. The van der Waals surface area contributed by atoms with E-state index in [1.54, 1.807) is 36.6 Å². The number of alkyl halides is 2. The second-order valence-corrected chi connectivity index (χ2v) is 17.0. The molecule has 5 heterocycles. The number of para-hydroxylation sites is 3. The van der Waals surface area contributed by atoms with Crippen molar-refractivity contribution in [1.29, 1.82) is 0 Å². The number of rotatable bonds is 12. The van der Waals surface area contributed by atoms with Gasteiger partial charge in [-0.25, -0.2) is 24.4 Å². The van der Waals surface area contributed by atoms with Crippen LogP contribution in [-0.4, -0.2) is 103 Å². The van der Waals surface area contributed by atoms with E-state index < -0.39 is 47.6 Å². The number of carboxylic acids is 1. The van der Waals surface area contributed by atoms with Crippen LogP contribution in [0.3, 0.4) is 0 Å². The molecule has 2 aliphatic heterocycles. The number of ether oxygens (including phenoxy) is 4. The summed E-state index contributed by atoms with van der Waals surface area (Å²) in [6, 6.07) is 14.5. The maximum Gasteiger partial charge on any atom is 0.410 e. The molecule has 2 saturated heterocycles. The fourth-order valence-corrected chi connectivity index (χ4v) is 7.50. The van der Waals surface area contributed by atoms with E-state index in [-0.39, 0.29) is 50.6 Å². The van der Waals surface area contributed by atoms with Crippen LogP contribution in [0, 0.1) is 0 Å². The third kappa shape index (κ3) is 9.34. The van der Waals surface area contributed by atoms with Gasteiger partial charge in [0.1, 0.15) is 41.1 Å². The smallest absolute Gasteiger partial charge is 0.410 e. The Morgan fingerprint density at radius 1 is 0.915 bits per heavy atom. The SMILES string of the molecule is CC(C)(C)OC(=O)[C@@H]1C[C@H](Oc2nc3ccccc3n2C2CCN(C(=O)OC(C)(C)C)CC2)CN1c1nc(COCCCC(F)(F)C(=O)O)nc2c1oc1ccccc12. The molecule has 2 aromatic carbocycles. The predicted octanol–water partition coefficient (Wildman–Crippen LogP) is 7.68. The number of carbonyl (C=O) groups excluding carboxylic acids is 2. The molecule has 0 radical (unpaired) electrons. The molecule has 2 aliphatic rings. The fraction of sp³-hybridized carbons (Fsp3) is 0.524. The van der Waals surface area contributed by atoms with E-state index in [9.17, 15) is 23.2 Å². The number of amides is 1.